The minimum absolute atomic E-state index is 0.00525. The van der Waals surface area contributed by atoms with E-state index in [4.69, 9.17) is 0 Å². The molecule has 1 saturated carbocycles. The summed E-state index contributed by atoms with van der Waals surface area (Å²) in [6, 6.07) is 5.67. The topological polar surface area (TPSA) is 173 Å². The molecule has 0 bridgehead atoms. The Labute approximate surface area is 328 Å². The lowest BCUT2D eigenvalue weighted by molar-refractivity contribution is -0.136. The van der Waals surface area contributed by atoms with Crippen LogP contribution < -0.4 is 21.9 Å². The summed E-state index contributed by atoms with van der Waals surface area (Å²) < 4.78 is 31.9. The van der Waals surface area contributed by atoms with Gasteiger partial charge in [-0.1, -0.05) is 31.7 Å². The molecule has 3 N–H and O–H groups in total. The highest BCUT2D eigenvalue weighted by Crippen LogP contribution is 2.40. The summed E-state index contributed by atoms with van der Waals surface area (Å²) in [4.78, 5) is 74.2. The van der Waals surface area contributed by atoms with E-state index in [-0.39, 0.29) is 41.6 Å². The number of unbranched alkanes of at least 4 members (excludes halogenated alkanes) is 5. The Balaban J connectivity index is 0.828. The quantitative estimate of drug-likeness (QED) is 0.115. The summed E-state index contributed by atoms with van der Waals surface area (Å²) in [6.07, 6.45) is 9.32. The third-order valence-corrected chi connectivity index (χ3v) is 12.2. The Morgan fingerprint density at radius 3 is 2.42 bits per heavy atom. The second-order valence-corrected chi connectivity index (χ2v) is 16.2. The van der Waals surface area contributed by atoms with Gasteiger partial charge in [-0.3, -0.25) is 38.2 Å². The molecule has 14 nitrogen and oxygen atoms in total. The second-order valence-electron chi connectivity index (χ2n) is 16.2. The fourth-order valence-electron chi connectivity index (χ4n) is 8.92. The number of carbonyl (C=O) groups excluding carboxylic acids is 3. The number of aromatic nitrogens is 5. The normalized spacial score (nSPS) is 21.9. The molecule has 3 aromatic heterocycles. The first-order chi connectivity index (χ1) is 27.3. The minimum Gasteiger partial charge on any atom is -0.388 e. The zero-order chi connectivity index (χ0) is 40.4. The number of piperidine rings is 2. The Bertz CT molecular complexity index is 2270. The molecular weight excluding hydrogens is 738 g/mol. The van der Waals surface area contributed by atoms with Gasteiger partial charge in [0.1, 0.15) is 11.7 Å². The third-order valence-electron chi connectivity index (χ3n) is 12.2. The van der Waals surface area contributed by atoms with Crippen LogP contribution >= 0.6 is 0 Å². The van der Waals surface area contributed by atoms with Gasteiger partial charge in [0.15, 0.2) is 0 Å². The molecule has 0 radical (unpaired) electrons. The van der Waals surface area contributed by atoms with Crippen LogP contribution in [0.1, 0.15) is 126 Å². The van der Waals surface area contributed by atoms with Crippen LogP contribution in [0.3, 0.4) is 0 Å². The van der Waals surface area contributed by atoms with E-state index >= 15 is 0 Å². The first-order valence-electron chi connectivity index (χ1n) is 20.3. The molecule has 3 fully saturated rings. The molecule has 16 heteroatoms. The summed E-state index contributed by atoms with van der Waals surface area (Å²) >= 11 is 0. The van der Waals surface area contributed by atoms with Crippen LogP contribution in [0.15, 0.2) is 40.1 Å². The molecule has 4 aromatic rings. The maximum absolute atomic E-state index is 13.8. The molecule has 3 aliphatic rings. The molecule has 2 aliphatic heterocycles. The number of likely N-dealkylation sites (tertiary alicyclic amines) is 1. The number of alkyl halides is 2. The van der Waals surface area contributed by atoms with E-state index in [9.17, 15) is 37.9 Å². The van der Waals surface area contributed by atoms with Gasteiger partial charge in [-0.05, 0) is 88.5 Å². The van der Waals surface area contributed by atoms with Crippen LogP contribution in [0.5, 0.6) is 0 Å². The predicted octanol–water partition coefficient (Wildman–Crippen LogP) is 5.21. The average Bonchev–Trinajstić information content (AvgIpc) is 3.65. The van der Waals surface area contributed by atoms with Gasteiger partial charge in [-0.25, -0.2) is 18.6 Å². The zero-order valence-electron chi connectivity index (χ0n) is 32.6. The number of halogens is 2. The monoisotopic (exact) mass is 790 g/mol. The molecule has 57 heavy (non-hydrogen) atoms. The number of pyridine rings is 1. The molecule has 5 heterocycles. The van der Waals surface area contributed by atoms with Crippen molar-refractivity contribution in [3.8, 4) is 0 Å². The van der Waals surface area contributed by atoms with Crippen molar-refractivity contribution < 1.29 is 28.3 Å². The molecule has 7 rings (SSSR count). The lowest BCUT2D eigenvalue weighted by atomic mass is 9.99. The van der Waals surface area contributed by atoms with E-state index in [1.807, 2.05) is 23.1 Å². The number of imide groups is 1. The average molecular weight is 791 g/mol. The maximum atomic E-state index is 13.8. The number of hydrogen-bond donors (Lipinski definition) is 3. The van der Waals surface area contributed by atoms with E-state index < -0.39 is 41.1 Å². The van der Waals surface area contributed by atoms with E-state index in [0.717, 1.165) is 62.1 Å². The number of carbonyl (C=O) groups is 3. The SMILES string of the molecule is Cn1c(=O)n(C2CCC(=O)NC2=O)c2ccc(CCCCCCCCC(=O)N3CCC(Nc4ncc5cc(C(F)F)c(=O)n([C@@H]6CCC[C@@]6(C)O)c5n4)CC3)cc21. The van der Waals surface area contributed by atoms with Crippen molar-refractivity contribution in [3.63, 3.8) is 0 Å². The number of anilines is 1. The van der Waals surface area contributed by atoms with Gasteiger partial charge < -0.3 is 15.3 Å². The van der Waals surface area contributed by atoms with E-state index in [0.29, 0.717) is 68.9 Å². The number of imidazole rings is 1. The van der Waals surface area contributed by atoms with Gasteiger partial charge in [0.25, 0.3) is 12.0 Å². The molecule has 1 aliphatic carbocycles. The summed E-state index contributed by atoms with van der Waals surface area (Å²) in [6.45, 7) is 2.82. The van der Waals surface area contributed by atoms with Crippen molar-refractivity contribution in [2.75, 3.05) is 18.4 Å². The predicted molar refractivity (Wildman–Crippen MR) is 210 cm³/mol. The number of rotatable bonds is 14. The smallest absolute Gasteiger partial charge is 0.329 e. The van der Waals surface area contributed by atoms with Crippen molar-refractivity contribution >= 4 is 45.7 Å². The van der Waals surface area contributed by atoms with Gasteiger partial charge in [-0.2, -0.15) is 4.98 Å². The number of aliphatic hydroxyl groups is 1. The van der Waals surface area contributed by atoms with Gasteiger partial charge in [0.2, 0.25) is 23.7 Å². The lowest BCUT2D eigenvalue weighted by Crippen LogP contribution is -2.44. The highest BCUT2D eigenvalue weighted by atomic mass is 19.3. The fourth-order valence-corrected chi connectivity index (χ4v) is 8.92. The molecule has 3 amide bonds. The number of hydrogen-bond acceptors (Lipinski definition) is 9. The van der Waals surface area contributed by atoms with Gasteiger partial charge in [-0.15, -0.1) is 0 Å². The van der Waals surface area contributed by atoms with Gasteiger partial charge >= 0.3 is 5.69 Å². The van der Waals surface area contributed by atoms with Crippen molar-refractivity contribution in [1.29, 1.82) is 0 Å². The fraction of sp³-hybridized carbons (Fsp3) is 0.585. The number of benzene rings is 1. The Hall–Kier alpha value is -4.99. The van der Waals surface area contributed by atoms with Crippen molar-refractivity contribution in [3.05, 3.63) is 62.4 Å². The van der Waals surface area contributed by atoms with E-state index in [1.54, 1.807) is 18.5 Å². The Kier molecular flexibility index (Phi) is 11.9. The molecule has 2 saturated heterocycles. The van der Waals surface area contributed by atoms with Crippen LogP contribution in [-0.2, 0) is 27.9 Å². The van der Waals surface area contributed by atoms with Crippen LogP contribution in [0.25, 0.3) is 22.1 Å². The standard InChI is InChI=1S/C41H52F2N8O6/c1-41(57)19-9-11-32(41)51-36-26(23-28(35(42)43)38(51)55)24-44-39(47-36)45-27-17-20-49(21-18-27)34(53)12-8-6-4-3-5-7-10-25-13-14-29-31(22-25)48(2)40(56)50(29)30-15-16-33(52)46-37(30)54/h13-14,22-24,27,30,32,35,57H,3-12,15-21H2,1-2H3,(H,44,45,47)(H,46,52,54)/t30?,32-,41-/m1/s1. The zero-order valence-corrected chi connectivity index (χ0v) is 32.6. The highest BCUT2D eigenvalue weighted by molar-refractivity contribution is 6.00. The van der Waals surface area contributed by atoms with Crippen molar-refractivity contribution in [1.82, 2.24) is 33.9 Å². The van der Waals surface area contributed by atoms with Crippen LogP contribution in [-0.4, -0.2) is 76.1 Å². The maximum Gasteiger partial charge on any atom is 0.329 e. The first kappa shape index (κ1) is 40.2. The highest BCUT2D eigenvalue weighted by Gasteiger charge is 2.40. The Morgan fingerprint density at radius 1 is 0.982 bits per heavy atom. The molecule has 306 valence electrons. The summed E-state index contributed by atoms with van der Waals surface area (Å²) in [5, 5.41) is 17.0. The third kappa shape index (κ3) is 8.51. The summed E-state index contributed by atoms with van der Waals surface area (Å²) in [5.41, 5.74) is -0.175. The molecule has 3 atom stereocenters. The minimum atomic E-state index is -2.96. The van der Waals surface area contributed by atoms with Crippen LogP contribution in [0.2, 0.25) is 0 Å². The number of fused-ring (bicyclic) bond motifs is 2. The molecular formula is C41H52F2N8O6. The number of amides is 3. The van der Waals surface area contributed by atoms with Crippen molar-refractivity contribution in [2.45, 2.75) is 133 Å². The molecule has 1 aromatic carbocycles. The Morgan fingerprint density at radius 2 is 1.72 bits per heavy atom. The second kappa shape index (κ2) is 16.9. The van der Waals surface area contributed by atoms with Gasteiger partial charge in [0.05, 0.1) is 28.2 Å². The molecule has 1 unspecified atom stereocenters. The largest absolute Gasteiger partial charge is 0.388 e. The summed E-state index contributed by atoms with van der Waals surface area (Å²) in [7, 11) is 1.70. The van der Waals surface area contributed by atoms with Crippen LogP contribution in [0, 0.1) is 0 Å². The van der Waals surface area contributed by atoms with Crippen molar-refractivity contribution in [2.24, 2.45) is 7.05 Å². The summed E-state index contributed by atoms with van der Waals surface area (Å²) in [5.74, 6) is -0.332. The number of aryl methyl sites for hydroxylation is 2. The lowest BCUT2D eigenvalue weighted by Gasteiger charge is -2.32. The molecule has 0 spiro atoms. The number of nitrogens with one attached hydrogen (secondary N) is 2. The first-order valence-corrected chi connectivity index (χ1v) is 20.3. The van der Waals surface area contributed by atoms with E-state index in [1.165, 1.54) is 15.3 Å². The number of nitrogens with zero attached hydrogens (tertiary/aromatic N) is 6. The van der Waals surface area contributed by atoms with Crippen LogP contribution in [0.4, 0.5) is 14.7 Å². The van der Waals surface area contributed by atoms with Gasteiger partial charge in [0, 0.05) is 50.6 Å². The van der Waals surface area contributed by atoms with E-state index in [2.05, 4.69) is 20.6 Å².